The lowest BCUT2D eigenvalue weighted by atomic mass is 9.83. The average Bonchev–Trinajstić information content (AvgIpc) is 2.89. The number of ether oxygens (including phenoxy) is 1. The Morgan fingerprint density at radius 2 is 1.72 bits per heavy atom. The molecule has 3 amide bonds. The third-order valence-electron chi connectivity index (χ3n) is 6.90. The molecule has 1 fully saturated rings. The minimum atomic E-state index is -1.19. The van der Waals surface area contributed by atoms with Crippen LogP contribution in [0.2, 0.25) is 0 Å². The highest BCUT2D eigenvalue weighted by Gasteiger charge is 2.30. The molecule has 0 heterocycles. The van der Waals surface area contributed by atoms with Crippen LogP contribution in [0.4, 0.5) is 4.79 Å². The number of aliphatic hydroxyl groups excluding tert-OH is 1. The zero-order valence-corrected chi connectivity index (χ0v) is 23.2. The molecular formula is C29H45N3O7. The van der Waals surface area contributed by atoms with Gasteiger partial charge in [-0.3, -0.25) is 14.4 Å². The monoisotopic (exact) mass is 547 g/mol. The van der Waals surface area contributed by atoms with Gasteiger partial charge in [0.1, 0.15) is 6.04 Å². The zero-order chi connectivity index (χ0) is 28.6. The lowest BCUT2D eigenvalue weighted by Gasteiger charge is -2.30. The molecule has 0 spiro atoms. The first-order valence-electron chi connectivity index (χ1n) is 14.1. The summed E-state index contributed by atoms with van der Waals surface area (Å²) in [6.07, 6.45) is 4.44. The van der Waals surface area contributed by atoms with Crippen LogP contribution in [-0.4, -0.2) is 64.9 Å². The maximum Gasteiger partial charge on any atom is 0.407 e. The van der Waals surface area contributed by atoms with Crippen molar-refractivity contribution in [1.82, 2.24) is 16.0 Å². The molecule has 1 aliphatic carbocycles. The minimum Gasteiger partial charge on any atom is -0.481 e. The Labute approximate surface area is 231 Å². The Hall–Kier alpha value is -3.14. The lowest BCUT2D eigenvalue weighted by molar-refractivity contribution is -0.138. The summed E-state index contributed by atoms with van der Waals surface area (Å²) in [7, 11) is 0. The maximum atomic E-state index is 12.8. The number of aliphatic carboxylic acids is 1. The number of aliphatic hydroxyl groups is 1. The number of benzene rings is 1. The van der Waals surface area contributed by atoms with E-state index in [4.69, 9.17) is 9.84 Å². The molecule has 10 heteroatoms. The molecule has 2 rings (SSSR count). The summed E-state index contributed by atoms with van der Waals surface area (Å²) < 4.78 is 5.18. The predicted octanol–water partition coefficient (Wildman–Crippen LogP) is 3.31. The number of alkyl carbamates (subject to hydrolysis) is 1. The molecule has 0 aromatic heterocycles. The molecule has 39 heavy (non-hydrogen) atoms. The molecule has 10 nitrogen and oxygen atoms in total. The average molecular weight is 548 g/mol. The van der Waals surface area contributed by atoms with Gasteiger partial charge < -0.3 is 30.9 Å². The number of carboxylic acids is 1. The number of carbonyl (C=O) groups excluding carboxylic acids is 3. The number of carboxylic acid groups (broad SMARTS) is 1. The molecule has 1 aromatic rings. The van der Waals surface area contributed by atoms with Gasteiger partial charge in [-0.1, -0.05) is 62.4 Å². The van der Waals surface area contributed by atoms with Gasteiger partial charge in [0.15, 0.2) is 0 Å². The van der Waals surface area contributed by atoms with Crippen molar-refractivity contribution in [2.24, 2.45) is 5.92 Å². The molecular weight excluding hydrogens is 502 g/mol. The Balaban J connectivity index is 1.94. The summed E-state index contributed by atoms with van der Waals surface area (Å²) in [6, 6.07) is 8.10. The number of carbonyl (C=O) groups is 4. The van der Waals surface area contributed by atoms with E-state index in [0.717, 1.165) is 37.7 Å². The van der Waals surface area contributed by atoms with Crippen LogP contribution in [-0.2, 0) is 25.5 Å². The van der Waals surface area contributed by atoms with E-state index in [1.807, 2.05) is 30.3 Å². The first kappa shape index (κ1) is 32.1. The molecule has 0 bridgehead atoms. The third-order valence-corrected chi connectivity index (χ3v) is 6.90. The van der Waals surface area contributed by atoms with Crippen LogP contribution in [0.1, 0.15) is 83.6 Å². The van der Waals surface area contributed by atoms with Crippen molar-refractivity contribution in [3.8, 4) is 0 Å². The highest BCUT2D eigenvalue weighted by molar-refractivity contribution is 5.88. The quantitative estimate of drug-likeness (QED) is 0.199. The topological polar surface area (TPSA) is 154 Å². The van der Waals surface area contributed by atoms with E-state index in [9.17, 15) is 24.3 Å². The van der Waals surface area contributed by atoms with Crippen LogP contribution in [0.5, 0.6) is 0 Å². The molecule has 0 radical (unpaired) electrons. The van der Waals surface area contributed by atoms with E-state index in [-0.39, 0.29) is 25.4 Å². The highest BCUT2D eigenvalue weighted by Crippen LogP contribution is 2.28. The van der Waals surface area contributed by atoms with Gasteiger partial charge in [0.2, 0.25) is 11.8 Å². The molecule has 3 atom stereocenters. The lowest BCUT2D eigenvalue weighted by Crippen LogP contribution is -2.50. The fraction of sp³-hybridized carbons (Fsp3) is 0.655. The largest absolute Gasteiger partial charge is 0.481 e. The van der Waals surface area contributed by atoms with Crippen molar-refractivity contribution in [3.63, 3.8) is 0 Å². The number of nitrogens with one attached hydrogen (secondary N) is 3. The van der Waals surface area contributed by atoms with Crippen molar-refractivity contribution in [3.05, 3.63) is 35.9 Å². The van der Waals surface area contributed by atoms with Crippen LogP contribution in [0.25, 0.3) is 0 Å². The van der Waals surface area contributed by atoms with Gasteiger partial charge >= 0.3 is 12.1 Å². The van der Waals surface area contributed by atoms with Gasteiger partial charge in [0, 0.05) is 13.0 Å². The molecule has 0 aliphatic heterocycles. The molecule has 0 unspecified atom stereocenters. The Kier molecular flexibility index (Phi) is 14.3. The van der Waals surface area contributed by atoms with Crippen LogP contribution >= 0.6 is 0 Å². The second-order valence-corrected chi connectivity index (χ2v) is 10.6. The molecule has 1 aromatic carbocycles. The van der Waals surface area contributed by atoms with Crippen molar-refractivity contribution in [2.45, 2.75) is 109 Å². The van der Waals surface area contributed by atoms with E-state index in [2.05, 4.69) is 16.0 Å². The summed E-state index contributed by atoms with van der Waals surface area (Å²) in [6.45, 7) is 3.83. The van der Waals surface area contributed by atoms with Gasteiger partial charge in [0.05, 0.1) is 24.7 Å². The molecule has 5 N–H and O–H groups in total. The number of rotatable bonds is 16. The smallest absolute Gasteiger partial charge is 0.407 e. The van der Waals surface area contributed by atoms with E-state index in [0.29, 0.717) is 25.3 Å². The van der Waals surface area contributed by atoms with Gasteiger partial charge in [-0.25, -0.2) is 4.79 Å². The normalized spacial score (nSPS) is 16.1. The number of aryl methyl sites for hydroxylation is 1. The maximum absolute atomic E-state index is 12.8. The molecule has 1 aliphatic rings. The van der Waals surface area contributed by atoms with Crippen LogP contribution in [0.15, 0.2) is 30.3 Å². The summed E-state index contributed by atoms with van der Waals surface area (Å²) >= 11 is 0. The van der Waals surface area contributed by atoms with Gasteiger partial charge in [-0.2, -0.15) is 0 Å². The van der Waals surface area contributed by atoms with Crippen molar-refractivity contribution >= 4 is 23.9 Å². The van der Waals surface area contributed by atoms with E-state index < -0.39 is 42.1 Å². The Morgan fingerprint density at radius 1 is 1.03 bits per heavy atom. The summed E-state index contributed by atoms with van der Waals surface area (Å²) in [5.74, 6) is -1.81. The second kappa shape index (κ2) is 17.4. The summed E-state index contributed by atoms with van der Waals surface area (Å²) in [5.41, 5.74) is 1.14. The molecule has 0 saturated heterocycles. The highest BCUT2D eigenvalue weighted by atomic mass is 16.6. The Morgan fingerprint density at radius 3 is 2.36 bits per heavy atom. The first-order chi connectivity index (χ1) is 18.6. The summed E-state index contributed by atoms with van der Waals surface area (Å²) in [4.78, 5) is 49.0. The van der Waals surface area contributed by atoms with Crippen LogP contribution in [0, 0.1) is 5.92 Å². The molecule has 218 valence electrons. The number of hydrogen-bond donors (Lipinski definition) is 5. The summed E-state index contributed by atoms with van der Waals surface area (Å²) in [5, 5.41) is 28.1. The fourth-order valence-electron chi connectivity index (χ4n) is 4.89. The van der Waals surface area contributed by atoms with Gasteiger partial charge in [0.25, 0.3) is 0 Å². The van der Waals surface area contributed by atoms with Crippen LogP contribution in [0.3, 0.4) is 0 Å². The third kappa shape index (κ3) is 13.5. The molecule has 1 saturated carbocycles. The standard InChI is InChI=1S/C29H45N3O7/c1-20(2)39-29(38)32-24(18-22-12-7-4-8-13-22)25(33)19-26(34)31-23(15-16-27(35)36)28(37)30-17-9-14-21-10-5-3-6-11-21/h3,5-6,10-11,20,22-25,33H,4,7-9,12-19H2,1-2H3,(H,30,37)(H,31,34)(H,32,38)(H,35,36)/t23-,24-,25-/m0/s1. The van der Waals surface area contributed by atoms with Gasteiger partial charge in [-0.15, -0.1) is 0 Å². The van der Waals surface area contributed by atoms with E-state index >= 15 is 0 Å². The van der Waals surface area contributed by atoms with E-state index in [1.165, 1.54) is 6.42 Å². The van der Waals surface area contributed by atoms with Crippen molar-refractivity contribution < 1.29 is 34.1 Å². The van der Waals surface area contributed by atoms with Crippen LogP contribution < -0.4 is 16.0 Å². The van der Waals surface area contributed by atoms with E-state index in [1.54, 1.807) is 13.8 Å². The zero-order valence-electron chi connectivity index (χ0n) is 23.2. The number of hydrogen-bond acceptors (Lipinski definition) is 6. The SMILES string of the molecule is CC(C)OC(=O)N[C@@H](CC1CCCCC1)[C@@H](O)CC(=O)N[C@@H](CCC(=O)O)C(=O)NCCCc1ccccc1. The Bertz CT molecular complexity index is 903. The second-order valence-electron chi connectivity index (χ2n) is 10.6. The fourth-order valence-corrected chi connectivity index (χ4v) is 4.89. The first-order valence-corrected chi connectivity index (χ1v) is 14.1. The minimum absolute atomic E-state index is 0.0772. The van der Waals surface area contributed by atoms with Gasteiger partial charge in [-0.05, 0) is 51.0 Å². The van der Waals surface area contributed by atoms with Crippen molar-refractivity contribution in [1.29, 1.82) is 0 Å². The number of amides is 3. The van der Waals surface area contributed by atoms with Crippen molar-refractivity contribution in [2.75, 3.05) is 6.54 Å². The predicted molar refractivity (Wildman–Crippen MR) is 147 cm³/mol.